The molecule has 3 rings (SSSR count). The molecular formula is C20H17Cl2N5O4. The summed E-state index contributed by atoms with van der Waals surface area (Å²) >= 11 is 11.8. The van der Waals surface area contributed by atoms with Crippen LogP contribution in [0.1, 0.15) is 28.8 Å². The van der Waals surface area contributed by atoms with Gasteiger partial charge in [0.05, 0.1) is 10.0 Å². The van der Waals surface area contributed by atoms with Crippen LogP contribution in [0.5, 0.6) is 5.75 Å². The fourth-order valence-corrected chi connectivity index (χ4v) is 2.96. The minimum atomic E-state index is -0.808. The van der Waals surface area contributed by atoms with Gasteiger partial charge in [-0.05, 0) is 35.9 Å². The summed E-state index contributed by atoms with van der Waals surface area (Å²) in [5.41, 5.74) is 6.49. The monoisotopic (exact) mass is 461 g/mol. The molecule has 0 unspecified atom stereocenters. The Kier molecular flexibility index (Phi) is 6.78. The highest BCUT2D eigenvalue weighted by Crippen LogP contribution is 2.25. The predicted octanol–water partition coefficient (Wildman–Crippen LogP) is 3.98. The number of aromatic amines is 1. The maximum Gasteiger partial charge on any atom is 0.324 e. The van der Waals surface area contributed by atoms with Crippen molar-refractivity contribution in [3.8, 4) is 5.75 Å². The zero-order valence-corrected chi connectivity index (χ0v) is 17.7. The van der Waals surface area contributed by atoms with Gasteiger partial charge in [-0.25, -0.2) is 9.78 Å². The van der Waals surface area contributed by atoms with Crippen LogP contribution in [0.25, 0.3) is 0 Å². The number of rotatable bonds is 6. The first-order chi connectivity index (χ1) is 14.7. The lowest BCUT2D eigenvalue weighted by Gasteiger charge is -2.07. The fraction of sp³-hybridized carbons (Fsp3) is 0.100. The smallest absolute Gasteiger partial charge is 0.324 e. The average Bonchev–Trinajstić information content (AvgIpc) is 3.08. The third-order valence-corrected chi connectivity index (χ3v) is 4.70. The maximum atomic E-state index is 12.3. The Morgan fingerprint density at radius 3 is 2.39 bits per heavy atom. The number of H-pyrrole nitrogens is 1. The molecule has 0 saturated carbocycles. The molecule has 3 amide bonds. The number of urea groups is 1. The van der Waals surface area contributed by atoms with Crippen molar-refractivity contribution < 1.29 is 19.1 Å². The first-order valence-corrected chi connectivity index (χ1v) is 9.66. The van der Waals surface area contributed by atoms with Crippen molar-refractivity contribution in [3.63, 3.8) is 0 Å². The molecule has 5 N–H and O–H groups in total. The normalized spacial score (nSPS) is 10.4. The number of imidazole rings is 1. The number of anilines is 2. The lowest BCUT2D eigenvalue weighted by molar-refractivity contribution is -0.131. The Morgan fingerprint density at radius 2 is 1.77 bits per heavy atom. The standard InChI is InChI=1S/C20H17Cl2N5O4/c1-10(28)31-13-5-2-11(3-6-13)8-16-25-17(18(23)29)19(26-16)27-20(30)24-12-4-7-14(21)15(22)9-12/h2-7,9H,8H2,1H3,(H2,23,29)(H,25,26)(H2,24,27,30). The van der Waals surface area contributed by atoms with Crippen LogP contribution in [-0.2, 0) is 11.2 Å². The van der Waals surface area contributed by atoms with E-state index in [1.807, 2.05) is 0 Å². The van der Waals surface area contributed by atoms with Gasteiger partial charge < -0.3 is 20.8 Å². The molecule has 1 aromatic heterocycles. The number of halogens is 2. The van der Waals surface area contributed by atoms with Crippen LogP contribution in [0.15, 0.2) is 42.5 Å². The van der Waals surface area contributed by atoms with E-state index < -0.39 is 17.9 Å². The highest BCUT2D eigenvalue weighted by molar-refractivity contribution is 6.42. The molecule has 0 bridgehead atoms. The minimum Gasteiger partial charge on any atom is -0.427 e. The van der Waals surface area contributed by atoms with Crippen molar-refractivity contribution in [2.24, 2.45) is 5.73 Å². The van der Waals surface area contributed by atoms with E-state index in [2.05, 4.69) is 20.6 Å². The van der Waals surface area contributed by atoms with Gasteiger partial charge in [-0.2, -0.15) is 0 Å². The molecule has 0 fully saturated rings. The maximum absolute atomic E-state index is 12.3. The lowest BCUT2D eigenvalue weighted by Crippen LogP contribution is -2.22. The number of hydrogen-bond donors (Lipinski definition) is 4. The molecule has 0 aliphatic carbocycles. The number of amides is 3. The topological polar surface area (TPSA) is 139 Å². The molecule has 3 aromatic rings. The van der Waals surface area contributed by atoms with Gasteiger partial charge in [0.15, 0.2) is 5.69 Å². The number of benzene rings is 2. The molecule has 0 spiro atoms. The van der Waals surface area contributed by atoms with E-state index in [-0.39, 0.29) is 16.5 Å². The number of aromatic nitrogens is 2. The summed E-state index contributed by atoms with van der Waals surface area (Å²) in [6.45, 7) is 1.31. The van der Waals surface area contributed by atoms with Crippen LogP contribution in [-0.4, -0.2) is 27.9 Å². The molecule has 0 saturated heterocycles. The van der Waals surface area contributed by atoms with Gasteiger partial charge in [-0.15, -0.1) is 0 Å². The molecule has 1 heterocycles. The second kappa shape index (κ2) is 9.50. The van der Waals surface area contributed by atoms with Crippen LogP contribution in [0.3, 0.4) is 0 Å². The highest BCUT2D eigenvalue weighted by atomic mass is 35.5. The summed E-state index contributed by atoms with van der Waals surface area (Å²) in [7, 11) is 0. The van der Waals surface area contributed by atoms with E-state index in [4.69, 9.17) is 33.7 Å². The summed E-state index contributed by atoms with van der Waals surface area (Å²) in [5.74, 6) is -0.359. The van der Waals surface area contributed by atoms with Crippen molar-refractivity contribution in [1.29, 1.82) is 0 Å². The highest BCUT2D eigenvalue weighted by Gasteiger charge is 2.18. The SMILES string of the molecule is CC(=O)Oc1ccc(Cc2nc(C(N)=O)c(NC(=O)Nc3ccc(Cl)c(Cl)c3)[nH]2)cc1. The summed E-state index contributed by atoms with van der Waals surface area (Å²) in [6, 6.07) is 10.7. The number of esters is 1. The molecule has 0 aliphatic rings. The third-order valence-electron chi connectivity index (χ3n) is 3.96. The number of nitrogens with two attached hydrogens (primary N) is 1. The van der Waals surface area contributed by atoms with E-state index in [1.54, 1.807) is 30.3 Å². The van der Waals surface area contributed by atoms with E-state index >= 15 is 0 Å². The Balaban J connectivity index is 1.72. The van der Waals surface area contributed by atoms with E-state index in [1.165, 1.54) is 19.1 Å². The van der Waals surface area contributed by atoms with Gasteiger partial charge in [-0.1, -0.05) is 35.3 Å². The minimum absolute atomic E-state index is 0.0524. The van der Waals surface area contributed by atoms with Gasteiger partial charge in [0, 0.05) is 19.0 Å². The molecular weight excluding hydrogens is 445 g/mol. The van der Waals surface area contributed by atoms with E-state index in [0.717, 1.165) is 5.56 Å². The molecule has 31 heavy (non-hydrogen) atoms. The van der Waals surface area contributed by atoms with Crippen LogP contribution < -0.4 is 21.1 Å². The Hall–Kier alpha value is -3.56. The molecule has 2 aromatic carbocycles. The zero-order chi connectivity index (χ0) is 22.5. The number of carbonyl (C=O) groups excluding carboxylic acids is 3. The number of primary amides is 1. The molecule has 9 nitrogen and oxygen atoms in total. The average molecular weight is 462 g/mol. The number of nitrogens with one attached hydrogen (secondary N) is 3. The quantitative estimate of drug-likeness (QED) is 0.324. The lowest BCUT2D eigenvalue weighted by atomic mass is 10.1. The van der Waals surface area contributed by atoms with Gasteiger partial charge in [0.1, 0.15) is 17.4 Å². The summed E-state index contributed by atoms with van der Waals surface area (Å²) in [5, 5.41) is 5.71. The van der Waals surface area contributed by atoms with Crippen LogP contribution in [0, 0.1) is 0 Å². The summed E-state index contributed by atoms with van der Waals surface area (Å²) in [6.07, 6.45) is 0.316. The number of hydrogen-bond acceptors (Lipinski definition) is 5. The molecule has 0 atom stereocenters. The number of carbonyl (C=O) groups is 3. The molecule has 0 aliphatic heterocycles. The second-order valence-corrected chi connectivity index (χ2v) is 7.21. The van der Waals surface area contributed by atoms with Crippen molar-refractivity contribution >= 4 is 52.6 Å². The van der Waals surface area contributed by atoms with E-state index in [0.29, 0.717) is 28.7 Å². The second-order valence-electron chi connectivity index (χ2n) is 6.39. The van der Waals surface area contributed by atoms with Crippen LogP contribution in [0.4, 0.5) is 16.3 Å². The van der Waals surface area contributed by atoms with Gasteiger partial charge in [0.2, 0.25) is 0 Å². The summed E-state index contributed by atoms with van der Waals surface area (Å²) < 4.78 is 4.99. The van der Waals surface area contributed by atoms with Crippen molar-refractivity contribution in [2.45, 2.75) is 13.3 Å². The van der Waals surface area contributed by atoms with E-state index in [9.17, 15) is 14.4 Å². The molecule has 160 valence electrons. The van der Waals surface area contributed by atoms with Gasteiger partial charge in [0.25, 0.3) is 5.91 Å². The van der Waals surface area contributed by atoms with Gasteiger partial charge >= 0.3 is 12.0 Å². The first-order valence-electron chi connectivity index (χ1n) is 8.90. The Bertz CT molecular complexity index is 1140. The van der Waals surface area contributed by atoms with Crippen molar-refractivity contribution in [3.05, 3.63) is 69.6 Å². The van der Waals surface area contributed by atoms with Gasteiger partial charge in [-0.3, -0.25) is 14.9 Å². The first kappa shape index (κ1) is 22.1. The number of ether oxygens (including phenoxy) is 1. The molecule has 0 radical (unpaired) electrons. The predicted molar refractivity (Wildman–Crippen MR) is 117 cm³/mol. The summed E-state index contributed by atoms with van der Waals surface area (Å²) in [4.78, 5) is 42.1. The third kappa shape index (κ3) is 5.97. The Labute approximate surface area is 186 Å². The zero-order valence-electron chi connectivity index (χ0n) is 16.2. The molecule has 11 heteroatoms. The van der Waals surface area contributed by atoms with Crippen LogP contribution >= 0.6 is 23.2 Å². The fourth-order valence-electron chi connectivity index (χ4n) is 2.66. The Morgan fingerprint density at radius 1 is 1.06 bits per heavy atom. The van der Waals surface area contributed by atoms with Crippen LogP contribution in [0.2, 0.25) is 10.0 Å². The van der Waals surface area contributed by atoms with Crippen molar-refractivity contribution in [2.75, 3.05) is 10.6 Å². The largest absolute Gasteiger partial charge is 0.427 e. The van der Waals surface area contributed by atoms with Crippen molar-refractivity contribution in [1.82, 2.24) is 9.97 Å². The number of nitrogens with zero attached hydrogens (tertiary/aromatic N) is 1.